The highest BCUT2D eigenvalue weighted by atomic mass is 35.5. The topological polar surface area (TPSA) is 70.3 Å². The molecule has 0 atom stereocenters. The smallest absolute Gasteiger partial charge is 0.123 e. The molecule has 5 nitrogen and oxygen atoms in total. The van der Waals surface area contributed by atoms with Crippen molar-refractivity contribution >= 4 is 12.4 Å². The molecule has 2 aromatic rings. The van der Waals surface area contributed by atoms with Gasteiger partial charge in [0.2, 0.25) is 0 Å². The molecular formula is C14H20ClN3O2. The van der Waals surface area contributed by atoms with Crippen molar-refractivity contribution in [1.29, 1.82) is 0 Å². The van der Waals surface area contributed by atoms with E-state index in [1.807, 2.05) is 10.7 Å². The van der Waals surface area contributed by atoms with Crippen molar-refractivity contribution in [2.75, 3.05) is 0 Å². The predicted molar refractivity (Wildman–Crippen MR) is 80.1 cm³/mol. The number of rotatable bonds is 6. The fourth-order valence-electron chi connectivity index (χ4n) is 1.95. The highest BCUT2D eigenvalue weighted by Crippen LogP contribution is 2.22. The van der Waals surface area contributed by atoms with Crippen LogP contribution < -0.4 is 5.32 Å². The molecule has 0 aliphatic heterocycles. The molecular weight excluding hydrogens is 278 g/mol. The minimum Gasteiger partial charge on any atom is -0.508 e. The van der Waals surface area contributed by atoms with Crippen molar-refractivity contribution < 1.29 is 10.2 Å². The maximum absolute atomic E-state index is 9.67. The van der Waals surface area contributed by atoms with Gasteiger partial charge in [-0.15, -0.1) is 12.4 Å². The fraction of sp³-hybridized carbons (Fsp3) is 0.357. The Labute approximate surface area is 124 Å². The van der Waals surface area contributed by atoms with E-state index < -0.39 is 0 Å². The molecule has 0 unspecified atom stereocenters. The number of hydrogen-bond donors (Lipinski definition) is 3. The van der Waals surface area contributed by atoms with Gasteiger partial charge in [-0.05, 0) is 18.6 Å². The third-order valence-electron chi connectivity index (χ3n) is 2.93. The second-order valence-electron chi connectivity index (χ2n) is 4.46. The highest BCUT2D eigenvalue weighted by Gasteiger charge is 2.04. The van der Waals surface area contributed by atoms with Gasteiger partial charge in [-0.2, -0.15) is 5.10 Å². The summed E-state index contributed by atoms with van der Waals surface area (Å²) in [4.78, 5) is 0. The van der Waals surface area contributed by atoms with Gasteiger partial charge in [-0.1, -0.05) is 13.0 Å². The first kappa shape index (κ1) is 16.3. The van der Waals surface area contributed by atoms with Crippen LogP contribution in [0.1, 0.15) is 24.6 Å². The summed E-state index contributed by atoms with van der Waals surface area (Å²) >= 11 is 0. The lowest BCUT2D eigenvalue weighted by Gasteiger charge is -2.09. The van der Waals surface area contributed by atoms with E-state index in [1.165, 1.54) is 6.07 Å². The number of halogens is 1. The van der Waals surface area contributed by atoms with E-state index in [1.54, 1.807) is 18.3 Å². The number of nitrogens with one attached hydrogen (secondary N) is 1. The minimum atomic E-state index is 0. The summed E-state index contributed by atoms with van der Waals surface area (Å²) in [5.41, 5.74) is 1.89. The van der Waals surface area contributed by atoms with Crippen LogP contribution in [0.5, 0.6) is 11.5 Å². The highest BCUT2D eigenvalue weighted by molar-refractivity contribution is 5.85. The quantitative estimate of drug-likeness (QED) is 0.766. The first-order valence-electron chi connectivity index (χ1n) is 6.43. The Balaban J connectivity index is 0.00000200. The first-order valence-corrected chi connectivity index (χ1v) is 6.43. The Bertz CT molecular complexity index is 543. The lowest BCUT2D eigenvalue weighted by molar-refractivity contribution is 0.443. The molecule has 0 fully saturated rings. The molecule has 0 spiro atoms. The van der Waals surface area contributed by atoms with Crippen LogP contribution in [-0.2, 0) is 19.6 Å². The van der Waals surface area contributed by atoms with Crippen LogP contribution in [0.25, 0.3) is 0 Å². The van der Waals surface area contributed by atoms with Gasteiger partial charge in [-0.25, -0.2) is 0 Å². The summed E-state index contributed by atoms with van der Waals surface area (Å²) in [6, 6.07) is 6.61. The molecule has 1 aromatic heterocycles. The molecule has 0 saturated carbocycles. The van der Waals surface area contributed by atoms with Crippen LogP contribution in [0, 0.1) is 0 Å². The lowest BCUT2D eigenvalue weighted by atomic mass is 10.2. The summed E-state index contributed by atoms with van der Waals surface area (Å²) in [5.74, 6) is 0.178. The van der Waals surface area contributed by atoms with Crippen LogP contribution in [-0.4, -0.2) is 20.0 Å². The number of aryl methyl sites for hydroxylation is 1. The van der Waals surface area contributed by atoms with E-state index in [-0.39, 0.29) is 23.9 Å². The Morgan fingerprint density at radius 1 is 1.20 bits per heavy atom. The number of benzene rings is 1. The van der Waals surface area contributed by atoms with Crippen molar-refractivity contribution in [1.82, 2.24) is 15.1 Å². The van der Waals surface area contributed by atoms with Crippen LogP contribution in [0.15, 0.2) is 30.5 Å². The third-order valence-corrected chi connectivity index (χ3v) is 2.93. The van der Waals surface area contributed by atoms with E-state index in [0.717, 1.165) is 24.2 Å². The van der Waals surface area contributed by atoms with Crippen molar-refractivity contribution in [2.45, 2.75) is 33.0 Å². The van der Waals surface area contributed by atoms with E-state index in [0.29, 0.717) is 13.1 Å². The fourth-order valence-corrected chi connectivity index (χ4v) is 1.95. The Kier molecular flexibility index (Phi) is 6.35. The first-order chi connectivity index (χ1) is 9.20. The molecule has 20 heavy (non-hydrogen) atoms. The van der Waals surface area contributed by atoms with Crippen LogP contribution in [0.3, 0.4) is 0 Å². The summed E-state index contributed by atoms with van der Waals surface area (Å²) in [6.07, 6.45) is 2.85. The van der Waals surface area contributed by atoms with Gasteiger partial charge in [0.25, 0.3) is 0 Å². The molecule has 0 saturated heterocycles. The zero-order valence-corrected chi connectivity index (χ0v) is 12.2. The molecule has 0 bridgehead atoms. The maximum atomic E-state index is 9.67. The minimum absolute atomic E-state index is 0. The number of phenolic OH excluding ortho intramolecular Hbond substituents is 2. The third kappa shape index (κ3) is 4.15. The van der Waals surface area contributed by atoms with Gasteiger partial charge in [0.1, 0.15) is 11.5 Å². The maximum Gasteiger partial charge on any atom is 0.123 e. The lowest BCUT2D eigenvalue weighted by Crippen LogP contribution is -2.16. The molecule has 110 valence electrons. The molecule has 0 amide bonds. The van der Waals surface area contributed by atoms with Crippen LogP contribution >= 0.6 is 12.4 Å². The molecule has 1 aromatic carbocycles. The van der Waals surface area contributed by atoms with Gasteiger partial charge in [-0.3, -0.25) is 4.68 Å². The summed E-state index contributed by atoms with van der Waals surface area (Å²) in [5, 5.41) is 26.4. The van der Waals surface area contributed by atoms with Gasteiger partial charge in [0.15, 0.2) is 0 Å². The molecule has 6 heteroatoms. The number of hydrogen-bond acceptors (Lipinski definition) is 4. The molecule has 0 aliphatic rings. The predicted octanol–water partition coefficient (Wildman–Crippen LogP) is 2.42. The average molecular weight is 298 g/mol. The van der Waals surface area contributed by atoms with Crippen molar-refractivity contribution in [3.63, 3.8) is 0 Å². The van der Waals surface area contributed by atoms with E-state index in [2.05, 4.69) is 17.3 Å². The van der Waals surface area contributed by atoms with E-state index in [4.69, 9.17) is 0 Å². The van der Waals surface area contributed by atoms with E-state index >= 15 is 0 Å². The molecule has 3 N–H and O–H groups in total. The van der Waals surface area contributed by atoms with E-state index in [9.17, 15) is 10.2 Å². The normalized spacial score (nSPS) is 10.2. The summed E-state index contributed by atoms with van der Waals surface area (Å²) < 4.78 is 1.98. The number of phenols is 2. The summed E-state index contributed by atoms with van der Waals surface area (Å²) in [6.45, 7) is 4.27. The largest absolute Gasteiger partial charge is 0.508 e. The zero-order chi connectivity index (χ0) is 13.7. The number of nitrogens with zero attached hydrogens (tertiary/aromatic N) is 2. The standard InChI is InChI=1S/C14H19N3O2.ClH/c1-2-7-17-12(5-6-16-17)10-15-9-11-3-4-13(18)8-14(11)19;/h3-6,8,15,18-19H,2,7,9-10H2,1H3;1H. The van der Waals surface area contributed by atoms with Crippen molar-refractivity contribution in [3.8, 4) is 11.5 Å². The average Bonchev–Trinajstić information content (AvgIpc) is 2.80. The second kappa shape index (κ2) is 7.77. The van der Waals surface area contributed by atoms with Gasteiger partial charge >= 0.3 is 0 Å². The number of aromatic hydroxyl groups is 2. The summed E-state index contributed by atoms with van der Waals surface area (Å²) in [7, 11) is 0. The second-order valence-corrected chi connectivity index (χ2v) is 4.46. The van der Waals surface area contributed by atoms with Crippen LogP contribution in [0.2, 0.25) is 0 Å². The SMILES string of the molecule is CCCn1nccc1CNCc1ccc(O)cc1O.Cl. The Morgan fingerprint density at radius 3 is 2.70 bits per heavy atom. The molecule has 0 aliphatic carbocycles. The number of aromatic nitrogens is 2. The van der Waals surface area contributed by atoms with Gasteiger partial charge in [0.05, 0.1) is 5.69 Å². The Hall–Kier alpha value is -1.72. The molecule has 2 rings (SSSR count). The molecule has 1 heterocycles. The monoisotopic (exact) mass is 297 g/mol. The van der Waals surface area contributed by atoms with Crippen molar-refractivity contribution in [3.05, 3.63) is 41.7 Å². The van der Waals surface area contributed by atoms with Gasteiger partial charge in [0, 0.05) is 37.5 Å². The van der Waals surface area contributed by atoms with Gasteiger partial charge < -0.3 is 15.5 Å². The molecule has 0 radical (unpaired) electrons. The Morgan fingerprint density at radius 2 is 2.00 bits per heavy atom. The van der Waals surface area contributed by atoms with Crippen molar-refractivity contribution in [2.24, 2.45) is 0 Å². The van der Waals surface area contributed by atoms with Crippen LogP contribution in [0.4, 0.5) is 0 Å². The zero-order valence-electron chi connectivity index (χ0n) is 11.4.